The van der Waals surface area contributed by atoms with Gasteiger partial charge in [-0.2, -0.15) is 0 Å². The summed E-state index contributed by atoms with van der Waals surface area (Å²) in [6, 6.07) is 17.6. The lowest BCUT2D eigenvalue weighted by Gasteiger charge is -2.36. The number of hydrogen-bond acceptors (Lipinski definition) is 5. The monoisotopic (exact) mass is 479 g/mol. The molecule has 0 saturated carbocycles. The normalized spacial score (nSPS) is 22.9. The van der Waals surface area contributed by atoms with Crippen molar-refractivity contribution in [2.24, 2.45) is 0 Å². The van der Waals surface area contributed by atoms with Crippen LogP contribution in [0.4, 0.5) is 5.69 Å². The van der Waals surface area contributed by atoms with Crippen LogP contribution in [-0.2, 0) is 14.3 Å². The van der Waals surface area contributed by atoms with Crippen LogP contribution in [0, 0.1) is 0 Å². The number of hydrogen-bond donors (Lipinski definition) is 3. The molecule has 0 bridgehead atoms. The summed E-state index contributed by atoms with van der Waals surface area (Å²) in [5.41, 5.74) is 2.96. The second kappa shape index (κ2) is 12.8. The first-order valence-electron chi connectivity index (χ1n) is 12.8. The van der Waals surface area contributed by atoms with Crippen LogP contribution in [0.15, 0.2) is 54.6 Å². The molecule has 0 unspecified atom stereocenters. The third-order valence-electron chi connectivity index (χ3n) is 6.93. The topological polar surface area (TPSA) is 90.9 Å². The van der Waals surface area contributed by atoms with Crippen LogP contribution in [0.2, 0.25) is 0 Å². The van der Waals surface area contributed by atoms with Gasteiger partial charge in [-0.05, 0) is 62.0 Å². The number of nitrogens with zero attached hydrogens (tertiary/aromatic N) is 1. The van der Waals surface area contributed by atoms with E-state index in [4.69, 9.17) is 4.74 Å². The molecular formula is C28H37N3O4. The molecule has 0 spiro atoms. The van der Waals surface area contributed by atoms with E-state index in [1.165, 1.54) is 19.3 Å². The summed E-state index contributed by atoms with van der Waals surface area (Å²) in [5, 5.41) is 15.8. The second-order valence-corrected chi connectivity index (χ2v) is 9.58. The first-order valence-corrected chi connectivity index (χ1v) is 12.8. The molecule has 0 aliphatic carbocycles. The minimum absolute atomic E-state index is 0.00207. The van der Waals surface area contributed by atoms with E-state index < -0.39 is 6.10 Å². The molecule has 7 nitrogen and oxygen atoms in total. The SMILES string of the molecule is O=C(C[C@@H]1CC[C@H](NC(=O)CCN2CCCCC2)[C@H](CO)O1)Nc1ccc(-c2ccccc2)cc1. The lowest BCUT2D eigenvalue weighted by atomic mass is 9.96. The highest BCUT2D eigenvalue weighted by Crippen LogP contribution is 2.24. The Hall–Kier alpha value is -2.74. The van der Waals surface area contributed by atoms with Crippen molar-refractivity contribution in [1.29, 1.82) is 0 Å². The van der Waals surface area contributed by atoms with Crippen LogP contribution in [0.1, 0.15) is 44.9 Å². The number of ether oxygens (including phenoxy) is 1. The largest absolute Gasteiger partial charge is 0.394 e. The Kier molecular flexibility index (Phi) is 9.28. The minimum atomic E-state index is -0.495. The van der Waals surface area contributed by atoms with Crippen LogP contribution < -0.4 is 10.6 Å². The number of carbonyl (C=O) groups excluding carboxylic acids is 2. The zero-order valence-electron chi connectivity index (χ0n) is 20.3. The lowest BCUT2D eigenvalue weighted by Crippen LogP contribution is -2.51. The van der Waals surface area contributed by atoms with E-state index in [1.54, 1.807) is 0 Å². The molecule has 3 atom stereocenters. The van der Waals surface area contributed by atoms with Gasteiger partial charge in [-0.25, -0.2) is 0 Å². The predicted molar refractivity (Wildman–Crippen MR) is 137 cm³/mol. The van der Waals surface area contributed by atoms with Gasteiger partial charge in [0.1, 0.15) is 6.10 Å². The van der Waals surface area contributed by atoms with Crippen molar-refractivity contribution in [2.45, 2.75) is 63.2 Å². The zero-order chi connectivity index (χ0) is 24.5. The number of nitrogens with one attached hydrogen (secondary N) is 2. The van der Waals surface area contributed by atoms with Crippen LogP contribution in [0.25, 0.3) is 11.1 Å². The number of benzene rings is 2. The Morgan fingerprint density at radius 1 is 0.914 bits per heavy atom. The molecule has 0 radical (unpaired) electrons. The summed E-state index contributed by atoms with van der Waals surface area (Å²) in [7, 11) is 0. The first kappa shape index (κ1) is 25.4. The van der Waals surface area contributed by atoms with Crippen molar-refractivity contribution < 1.29 is 19.4 Å². The van der Waals surface area contributed by atoms with Gasteiger partial charge >= 0.3 is 0 Å². The summed E-state index contributed by atoms with van der Waals surface area (Å²) >= 11 is 0. The fourth-order valence-electron chi connectivity index (χ4n) is 4.96. The van der Waals surface area contributed by atoms with Gasteiger partial charge in [-0.1, -0.05) is 48.9 Å². The van der Waals surface area contributed by atoms with E-state index in [1.807, 2.05) is 42.5 Å². The van der Waals surface area contributed by atoms with Crippen LogP contribution in [0.3, 0.4) is 0 Å². The quantitative estimate of drug-likeness (QED) is 0.511. The van der Waals surface area contributed by atoms with Crippen molar-refractivity contribution in [1.82, 2.24) is 10.2 Å². The van der Waals surface area contributed by atoms with Gasteiger partial charge in [0, 0.05) is 18.7 Å². The minimum Gasteiger partial charge on any atom is -0.394 e. The molecule has 7 heteroatoms. The van der Waals surface area contributed by atoms with E-state index in [-0.39, 0.29) is 37.0 Å². The molecule has 188 valence electrons. The van der Waals surface area contributed by atoms with Crippen molar-refractivity contribution in [3.8, 4) is 11.1 Å². The Bertz CT molecular complexity index is 944. The molecule has 2 amide bonds. The maximum absolute atomic E-state index is 12.6. The Morgan fingerprint density at radius 2 is 1.63 bits per heavy atom. The van der Waals surface area contributed by atoms with Crippen molar-refractivity contribution >= 4 is 17.5 Å². The van der Waals surface area contributed by atoms with Crippen LogP contribution >= 0.6 is 0 Å². The molecule has 2 aromatic rings. The van der Waals surface area contributed by atoms with Crippen molar-refractivity contribution in [3.05, 3.63) is 54.6 Å². The summed E-state index contributed by atoms with van der Waals surface area (Å²) in [5.74, 6) is -0.124. The maximum atomic E-state index is 12.6. The van der Waals surface area contributed by atoms with E-state index in [9.17, 15) is 14.7 Å². The van der Waals surface area contributed by atoms with Crippen molar-refractivity contribution in [2.75, 3.05) is 31.6 Å². The molecule has 4 rings (SSSR count). The lowest BCUT2D eigenvalue weighted by molar-refractivity contribution is -0.133. The average Bonchev–Trinajstić information content (AvgIpc) is 2.90. The van der Waals surface area contributed by atoms with Crippen LogP contribution in [-0.4, -0.2) is 66.3 Å². The molecule has 2 fully saturated rings. The number of aliphatic hydroxyl groups excluding tert-OH is 1. The average molecular weight is 480 g/mol. The van der Waals surface area contributed by atoms with Gasteiger partial charge in [0.25, 0.3) is 0 Å². The molecule has 2 aromatic carbocycles. The molecule has 35 heavy (non-hydrogen) atoms. The Labute approximate surface area is 207 Å². The number of likely N-dealkylation sites (tertiary alicyclic amines) is 1. The van der Waals surface area contributed by atoms with Gasteiger partial charge in [-0.3, -0.25) is 9.59 Å². The molecule has 2 aliphatic rings. The molecule has 2 saturated heterocycles. The third kappa shape index (κ3) is 7.62. The molecule has 0 aromatic heterocycles. The Morgan fingerprint density at radius 3 is 2.34 bits per heavy atom. The van der Waals surface area contributed by atoms with E-state index in [2.05, 4.69) is 27.7 Å². The van der Waals surface area contributed by atoms with Gasteiger partial charge in [0.2, 0.25) is 11.8 Å². The fourth-order valence-corrected chi connectivity index (χ4v) is 4.96. The first-order chi connectivity index (χ1) is 17.1. The van der Waals surface area contributed by atoms with Gasteiger partial charge < -0.3 is 25.4 Å². The molecule has 2 aliphatic heterocycles. The third-order valence-corrected chi connectivity index (χ3v) is 6.93. The highest BCUT2D eigenvalue weighted by molar-refractivity contribution is 5.91. The zero-order valence-corrected chi connectivity index (χ0v) is 20.3. The highest BCUT2D eigenvalue weighted by Gasteiger charge is 2.32. The highest BCUT2D eigenvalue weighted by atomic mass is 16.5. The predicted octanol–water partition coefficient (Wildman–Crippen LogP) is 3.58. The summed E-state index contributed by atoms with van der Waals surface area (Å²) in [6.07, 6.45) is 4.94. The number of carbonyl (C=O) groups is 2. The van der Waals surface area contributed by atoms with Crippen LogP contribution in [0.5, 0.6) is 0 Å². The van der Waals surface area contributed by atoms with Gasteiger partial charge in [-0.15, -0.1) is 0 Å². The number of anilines is 1. The smallest absolute Gasteiger partial charge is 0.226 e. The van der Waals surface area contributed by atoms with E-state index in [0.29, 0.717) is 19.3 Å². The second-order valence-electron chi connectivity index (χ2n) is 9.58. The maximum Gasteiger partial charge on any atom is 0.226 e. The summed E-state index contributed by atoms with van der Waals surface area (Å²) < 4.78 is 5.99. The molecule has 2 heterocycles. The standard InChI is InChI=1S/C28H37N3O4/c32-20-26-25(30-27(33)15-18-31-16-5-2-6-17-31)14-13-24(35-26)19-28(34)29-23-11-9-22(10-12-23)21-7-3-1-4-8-21/h1,3-4,7-12,24-26,32H,2,5-6,13-20H2,(H,29,34)(H,30,33)/t24-,25-,26-/m0/s1. The number of rotatable bonds is 9. The number of amides is 2. The van der Waals surface area contributed by atoms with E-state index in [0.717, 1.165) is 36.4 Å². The number of aliphatic hydroxyl groups is 1. The van der Waals surface area contributed by atoms with Gasteiger partial charge in [0.05, 0.1) is 25.2 Å². The Balaban J connectivity index is 1.20. The molecule has 3 N–H and O–H groups in total. The fraction of sp³-hybridized carbons (Fsp3) is 0.500. The summed E-state index contributed by atoms with van der Waals surface area (Å²) in [4.78, 5) is 27.4. The van der Waals surface area contributed by atoms with Crippen molar-refractivity contribution in [3.63, 3.8) is 0 Å². The van der Waals surface area contributed by atoms with E-state index >= 15 is 0 Å². The van der Waals surface area contributed by atoms with Gasteiger partial charge in [0.15, 0.2) is 0 Å². The number of piperidine rings is 1. The molecular weight excluding hydrogens is 442 g/mol. The summed E-state index contributed by atoms with van der Waals surface area (Å²) in [6.45, 7) is 2.73.